The second-order valence-corrected chi connectivity index (χ2v) is 5.27. The number of amides is 2. The molecule has 2 aromatic carbocycles. The average molecular weight is 312 g/mol. The summed E-state index contributed by atoms with van der Waals surface area (Å²) in [5.74, 6) is 0.205. The van der Waals surface area contributed by atoms with Crippen molar-refractivity contribution in [1.29, 1.82) is 0 Å². The molecule has 0 saturated carbocycles. The topological polar surface area (TPSA) is 67.4 Å². The predicted molar refractivity (Wildman–Crippen MR) is 89.9 cm³/mol. The SMILES string of the molecule is CNC(=O)c1cccc(NC(=O)COc2ccc(C)cc2C)c1. The van der Waals surface area contributed by atoms with Gasteiger partial charge in [-0.05, 0) is 43.7 Å². The molecule has 120 valence electrons. The van der Waals surface area contributed by atoms with E-state index in [-0.39, 0.29) is 18.4 Å². The summed E-state index contributed by atoms with van der Waals surface area (Å²) in [5.41, 5.74) is 3.17. The van der Waals surface area contributed by atoms with Gasteiger partial charge in [-0.15, -0.1) is 0 Å². The largest absolute Gasteiger partial charge is 0.483 e. The third-order valence-corrected chi connectivity index (χ3v) is 3.32. The summed E-state index contributed by atoms with van der Waals surface area (Å²) in [5, 5.41) is 5.26. The summed E-state index contributed by atoms with van der Waals surface area (Å²) < 4.78 is 5.53. The molecule has 0 radical (unpaired) electrons. The van der Waals surface area contributed by atoms with Crippen molar-refractivity contribution >= 4 is 17.5 Å². The minimum Gasteiger partial charge on any atom is -0.483 e. The smallest absolute Gasteiger partial charge is 0.262 e. The molecule has 0 spiro atoms. The molecule has 0 aliphatic heterocycles. The zero-order valence-corrected chi connectivity index (χ0v) is 13.5. The van der Waals surface area contributed by atoms with E-state index in [0.717, 1.165) is 11.1 Å². The van der Waals surface area contributed by atoms with Crippen molar-refractivity contribution in [3.8, 4) is 5.75 Å². The lowest BCUT2D eigenvalue weighted by Crippen LogP contribution is -2.21. The molecule has 0 fully saturated rings. The van der Waals surface area contributed by atoms with E-state index in [0.29, 0.717) is 17.0 Å². The summed E-state index contributed by atoms with van der Waals surface area (Å²) in [6.45, 7) is 3.85. The molecule has 0 aliphatic rings. The Morgan fingerprint density at radius 1 is 1.09 bits per heavy atom. The van der Waals surface area contributed by atoms with E-state index in [1.165, 1.54) is 0 Å². The van der Waals surface area contributed by atoms with Gasteiger partial charge in [-0.1, -0.05) is 23.8 Å². The van der Waals surface area contributed by atoms with Gasteiger partial charge in [-0.3, -0.25) is 9.59 Å². The standard InChI is InChI=1S/C18H20N2O3/c1-12-7-8-16(13(2)9-12)23-11-17(21)20-15-6-4-5-14(10-15)18(22)19-3/h4-10H,11H2,1-3H3,(H,19,22)(H,20,21). The molecule has 0 unspecified atom stereocenters. The van der Waals surface area contributed by atoms with Gasteiger partial charge in [0.2, 0.25) is 0 Å². The summed E-state index contributed by atoms with van der Waals surface area (Å²) in [6.07, 6.45) is 0. The molecule has 0 aromatic heterocycles. The number of carbonyl (C=O) groups is 2. The summed E-state index contributed by atoms with van der Waals surface area (Å²) in [4.78, 5) is 23.6. The Balaban J connectivity index is 1.96. The second-order valence-electron chi connectivity index (χ2n) is 5.27. The first-order valence-corrected chi connectivity index (χ1v) is 7.31. The van der Waals surface area contributed by atoms with Crippen LogP contribution in [0.15, 0.2) is 42.5 Å². The first kappa shape index (κ1) is 16.5. The number of hydrogen-bond acceptors (Lipinski definition) is 3. The van der Waals surface area contributed by atoms with Crippen molar-refractivity contribution in [2.24, 2.45) is 0 Å². The minimum atomic E-state index is -0.279. The van der Waals surface area contributed by atoms with Crippen LogP contribution in [0.1, 0.15) is 21.5 Å². The maximum absolute atomic E-state index is 12.0. The van der Waals surface area contributed by atoms with Crippen LogP contribution >= 0.6 is 0 Å². The molecule has 2 aromatic rings. The molecule has 0 atom stereocenters. The van der Waals surface area contributed by atoms with E-state index >= 15 is 0 Å². The molecule has 2 amide bonds. The molecule has 0 saturated heterocycles. The molecule has 0 aliphatic carbocycles. The predicted octanol–water partition coefficient (Wildman–Crippen LogP) is 2.68. The molecular weight excluding hydrogens is 292 g/mol. The van der Waals surface area contributed by atoms with Gasteiger partial charge in [0.25, 0.3) is 11.8 Å². The Hall–Kier alpha value is -2.82. The molecule has 5 nitrogen and oxygen atoms in total. The van der Waals surface area contributed by atoms with Gasteiger partial charge < -0.3 is 15.4 Å². The second kappa shape index (κ2) is 7.45. The van der Waals surface area contributed by atoms with Crippen LogP contribution in [0.4, 0.5) is 5.69 Å². The van der Waals surface area contributed by atoms with Crippen molar-refractivity contribution in [2.45, 2.75) is 13.8 Å². The van der Waals surface area contributed by atoms with E-state index in [1.54, 1.807) is 31.3 Å². The lowest BCUT2D eigenvalue weighted by molar-refractivity contribution is -0.118. The van der Waals surface area contributed by atoms with Crippen LogP contribution in [0.5, 0.6) is 5.75 Å². The average Bonchev–Trinajstić information content (AvgIpc) is 2.53. The Morgan fingerprint density at radius 2 is 1.87 bits per heavy atom. The number of anilines is 1. The van der Waals surface area contributed by atoms with Gasteiger partial charge in [-0.2, -0.15) is 0 Å². The van der Waals surface area contributed by atoms with Gasteiger partial charge in [0.1, 0.15) is 5.75 Å². The van der Waals surface area contributed by atoms with Crippen LogP contribution in [-0.2, 0) is 4.79 Å². The highest BCUT2D eigenvalue weighted by Gasteiger charge is 2.08. The molecule has 2 N–H and O–H groups in total. The van der Waals surface area contributed by atoms with E-state index in [9.17, 15) is 9.59 Å². The molecule has 0 heterocycles. The lowest BCUT2D eigenvalue weighted by atomic mass is 10.1. The van der Waals surface area contributed by atoms with E-state index < -0.39 is 0 Å². The fourth-order valence-corrected chi connectivity index (χ4v) is 2.18. The van der Waals surface area contributed by atoms with Crippen molar-refractivity contribution in [3.63, 3.8) is 0 Å². The fourth-order valence-electron chi connectivity index (χ4n) is 2.18. The van der Waals surface area contributed by atoms with Crippen LogP contribution in [0.25, 0.3) is 0 Å². The van der Waals surface area contributed by atoms with Crippen LogP contribution in [0.2, 0.25) is 0 Å². The molecule has 23 heavy (non-hydrogen) atoms. The van der Waals surface area contributed by atoms with Gasteiger partial charge >= 0.3 is 0 Å². The van der Waals surface area contributed by atoms with E-state index in [2.05, 4.69) is 10.6 Å². The highest BCUT2D eigenvalue weighted by atomic mass is 16.5. The lowest BCUT2D eigenvalue weighted by Gasteiger charge is -2.10. The minimum absolute atomic E-state index is 0.0892. The molecule has 2 rings (SSSR count). The number of rotatable bonds is 5. The normalized spacial score (nSPS) is 10.0. The quantitative estimate of drug-likeness (QED) is 0.892. The van der Waals surface area contributed by atoms with Crippen LogP contribution < -0.4 is 15.4 Å². The number of nitrogens with one attached hydrogen (secondary N) is 2. The van der Waals surface area contributed by atoms with E-state index in [1.807, 2.05) is 32.0 Å². The zero-order valence-electron chi connectivity index (χ0n) is 13.5. The number of benzene rings is 2. The van der Waals surface area contributed by atoms with Crippen molar-refractivity contribution in [3.05, 3.63) is 59.2 Å². The first-order chi connectivity index (χ1) is 11.0. The van der Waals surface area contributed by atoms with E-state index in [4.69, 9.17) is 4.74 Å². The first-order valence-electron chi connectivity index (χ1n) is 7.31. The number of hydrogen-bond donors (Lipinski definition) is 2. The monoisotopic (exact) mass is 312 g/mol. The third kappa shape index (κ3) is 4.57. The van der Waals surface area contributed by atoms with Gasteiger partial charge in [-0.25, -0.2) is 0 Å². The molecule has 5 heteroatoms. The van der Waals surface area contributed by atoms with Crippen molar-refractivity contribution in [2.75, 3.05) is 19.0 Å². The Bertz CT molecular complexity index is 726. The van der Waals surface area contributed by atoms with Crippen LogP contribution in [-0.4, -0.2) is 25.5 Å². The highest BCUT2D eigenvalue weighted by molar-refractivity contribution is 5.97. The van der Waals surface area contributed by atoms with Gasteiger partial charge in [0.05, 0.1) is 0 Å². The summed E-state index contributed by atoms with van der Waals surface area (Å²) in [7, 11) is 1.56. The fraction of sp³-hybridized carbons (Fsp3) is 0.222. The zero-order chi connectivity index (χ0) is 16.8. The van der Waals surface area contributed by atoms with Crippen LogP contribution in [0, 0.1) is 13.8 Å². The maximum atomic E-state index is 12.0. The molecule has 0 bridgehead atoms. The molecular formula is C18H20N2O3. The Morgan fingerprint density at radius 3 is 2.57 bits per heavy atom. The maximum Gasteiger partial charge on any atom is 0.262 e. The van der Waals surface area contributed by atoms with Gasteiger partial charge in [0, 0.05) is 18.3 Å². The Labute approximate surface area is 135 Å². The third-order valence-electron chi connectivity index (χ3n) is 3.32. The van der Waals surface area contributed by atoms with Crippen molar-refractivity contribution < 1.29 is 14.3 Å². The van der Waals surface area contributed by atoms with Gasteiger partial charge in [0.15, 0.2) is 6.61 Å². The summed E-state index contributed by atoms with van der Waals surface area (Å²) in [6, 6.07) is 12.5. The number of aryl methyl sites for hydroxylation is 2. The highest BCUT2D eigenvalue weighted by Crippen LogP contribution is 2.18. The Kier molecular flexibility index (Phi) is 5.36. The summed E-state index contributed by atoms with van der Waals surface area (Å²) >= 11 is 0. The van der Waals surface area contributed by atoms with Crippen LogP contribution in [0.3, 0.4) is 0 Å². The number of ether oxygens (including phenoxy) is 1. The van der Waals surface area contributed by atoms with Crippen molar-refractivity contribution in [1.82, 2.24) is 5.32 Å². The number of carbonyl (C=O) groups excluding carboxylic acids is 2.